The van der Waals surface area contributed by atoms with Crippen LogP contribution < -0.4 is 16.0 Å². The fraction of sp³-hybridized carbons (Fsp3) is 0.154. The van der Waals surface area contributed by atoms with Crippen LogP contribution in [0.3, 0.4) is 0 Å². The van der Waals surface area contributed by atoms with E-state index in [-0.39, 0.29) is 5.90 Å². The lowest BCUT2D eigenvalue weighted by molar-refractivity contribution is 0.445. The van der Waals surface area contributed by atoms with Gasteiger partial charge in [-0.2, -0.15) is 0 Å². The van der Waals surface area contributed by atoms with E-state index in [1.165, 1.54) is 19.2 Å². The Hall–Kier alpha value is -2.21. The van der Waals surface area contributed by atoms with E-state index in [0.717, 1.165) is 12.1 Å². The molecule has 1 rings (SSSR count). The minimum Gasteiger partial charge on any atom is -0.437 e. The number of hydrogen-bond donors (Lipinski definition) is 2. The highest BCUT2D eigenvalue weighted by molar-refractivity contribution is 5.76. The highest BCUT2D eigenvalue weighted by atomic mass is 19.1. The third kappa shape index (κ3) is 4.18. The largest absolute Gasteiger partial charge is 0.437 e. The summed E-state index contributed by atoms with van der Waals surface area (Å²) in [6, 6.07) is 3.45. The first-order valence-corrected chi connectivity index (χ1v) is 5.44. The molecule has 0 saturated heterocycles. The number of aliphatic imine (C=N–C) groups is 1. The van der Waals surface area contributed by atoms with E-state index in [9.17, 15) is 8.78 Å². The number of benzene rings is 1. The predicted molar refractivity (Wildman–Crippen MR) is 70.3 cm³/mol. The normalized spacial score (nSPS) is 12.3. The van der Waals surface area contributed by atoms with Crippen LogP contribution in [0.1, 0.15) is 13.8 Å². The molecule has 0 bridgehead atoms. The second-order valence-corrected chi connectivity index (χ2v) is 3.77. The third-order valence-electron chi connectivity index (χ3n) is 2.16. The lowest BCUT2D eigenvalue weighted by Gasteiger charge is -2.07. The third-order valence-corrected chi connectivity index (χ3v) is 2.16. The molecule has 1 aromatic rings. The molecule has 0 radical (unpaired) electrons. The first-order chi connectivity index (χ1) is 8.95. The number of nitrogens with two attached hydrogens (primary N) is 1. The molecule has 4 nitrogen and oxygen atoms in total. The number of para-hydroxylation sites is 1. The van der Waals surface area contributed by atoms with Crippen molar-refractivity contribution in [3.05, 3.63) is 53.9 Å². The quantitative estimate of drug-likeness (QED) is 0.290. The van der Waals surface area contributed by atoms with E-state index in [2.05, 4.69) is 17.0 Å². The second-order valence-electron chi connectivity index (χ2n) is 3.77. The van der Waals surface area contributed by atoms with Crippen molar-refractivity contribution in [2.45, 2.75) is 13.8 Å². The van der Waals surface area contributed by atoms with Gasteiger partial charge in [0.2, 0.25) is 0 Å². The standard InChI is InChI=1S/C13H15F2N3O/c1-8(2)12(18-16)7-17-9(3)19-13-10(14)5-4-6-11(13)15/h4-7,18H,1,16H2,2-3H3/b12-7+,17-9?. The van der Waals surface area contributed by atoms with Crippen LogP contribution in [0.5, 0.6) is 5.75 Å². The van der Waals surface area contributed by atoms with Gasteiger partial charge in [-0.15, -0.1) is 0 Å². The Balaban J connectivity index is 2.91. The molecule has 0 aliphatic heterocycles. The summed E-state index contributed by atoms with van der Waals surface area (Å²) in [7, 11) is 0. The highest BCUT2D eigenvalue weighted by Crippen LogP contribution is 2.21. The van der Waals surface area contributed by atoms with Gasteiger partial charge in [0, 0.05) is 6.92 Å². The van der Waals surface area contributed by atoms with Gasteiger partial charge in [0.25, 0.3) is 0 Å². The number of hydrazine groups is 1. The van der Waals surface area contributed by atoms with E-state index in [1.54, 1.807) is 6.92 Å². The molecule has 0 aromatic heterocycles. The van der Waals surface area contributed by atoms with E-state index in [4.69, 9.17) is 10.6 Å². The molecule has 0 saturated carbocycles. The smallest absolute Gasteiger partial charge is 0.200 e. The van der Waals surface area contributed by atoms with Gasteiger partial charge in [0.15, 0.2) is 23.3 Å². The van der Waals surface area contributed by atoms with Crippen molar-refractivity contribution >= 4 is 5.90 Å². The number of ether oxygens (including phenoxy) is 1. The number of halogens is 2. The van der Waals surface area contributed by atoms with Gasteiger partial charge in [-0.25, -0.2) is 13.8 Å². The van der Waals surface area contributed by atoms with Crippen molar-refractivity contribution in [2.24, 2.45) is 10.8 Å². The maximum atomic E-state index is 13.3. The van der Waals surface area contributed by atoms with E-state index >= 15 is 0 Å². The van der Waals surface area contributed by atoms with Crippen molar-refractivity contribution < 1.29 is 13.5 Å². The molecule has 102 valence electrons. The number of hydrogen-bond acceptors (Lipinski definition) is 4. The summed E-state index contributed by atoms with van der Waals surface area (Å²) in [5.74, 6) is 3.24. The van der Waals surface area contributed by atoms with Crippen LogP contribution in [0.25, 0.3) is 0 Å². The number of allylic oxidation sites excluding steroid dienone is 1. The maximum Gasteiger partial charge on any atom is 0.200 e. The summed E-state index contributed by atoms with van der Waals surface area (Å²) in [6.07, 6.45) is 1.36. The molecule has 0 fully saturated rings. The van der Waals surface area contributed by atoms with E-state index in [0.29, 0.717) is 11.3 Å². The lowest BCUT2D eigenvalue weighted by atomic mass is 10.3. The Labute approximate surface area is 110 Å². The predicted octanol–water partition coefficient (Wildman–Crippen LogP) is 2.64. The fourth-order valence-electron chi connectivity index (χ4n) is 1.18. The topological polar surface area (TPSA) is 59.6 Å². The van der Waals surface area contributed by atoms with Crippen LogP contribution >= 0.6 is 0 Å². The molecule has 0 amide bonds. The average molecular weight is 267 g/mol. The van der Waals surface area contributed by atoms with Crippen molar-refractivity contribution in [3.8, 4) is 5.75 Å². The Kier molecular flexibility index (Phi) is 5.20. The van der Waals surface area contributed by atoms with Crippen molar-refractivity contribution in [1.29, 1.82) is 0 Å². The molecule has 0 unspecified atom stereocenters. The summed E-state index contributed by atoms with van der Waals surface area (Å²) in [6.45, 7) is 6.87. The highest BCUT2D eigenvalue weighted by Gasteiger charge is 2.10. The van der Waals surface area contributed by atoms with Gasteiger partial charge in [-0.3, -0.25) is 5.84 Å². The van der Waals surface area contributed by atoms with Crippen LogP contribution in [0.2, 0.25) is 0 Å². The molecule has 0 heterocycles. The molecular weight excluding hydrogens is 252 g/mol. The van der Waals surface area contributed by atoms with Crippen molar-refractivity contribution in [3.63, 3.8) is 0 Å². The summed E-state index contributed by atoms with van der Waals surface area (Å²) in [4.78, 5) is 3.89. The van der Waals surface area contributed by atoms with E-state index in [1.807, 2.05) is 0 Å². The van der Waals surface area contributed by atoms with Crippen LogP contribution in [0.4, 0.5) is 8.78 Å². The van der Waals surface area contributed by atoms with Crippen molar-refractivity contribution in [2.75, 3.05) is 0 Å². The van der Waals surface area contributed by atoms with Crippen LogP contribution in [-0.4, -0.2) is 5.90 Å². The summed E-state index contributed by atoms with van der Waals surface area (Å²) < 4.78 is 31.7. The Morgan fingerprint density at radius 2 is 1.95 bits per heavy atom. The summed E-state index contributed by atoms with van der Waals surface area (Å²) in [5.41, 5.74) is 3.54. The van der Waals surface area contributed by atoms with Crippen LogP contribution in [-0.2, 0) is 0 Å². The van der Waals surface area contributed by atoms with Gasteiger partial charge in [-0.1, -0.05) is 12.6 Å². The minimum atomic E-state index is -0.796. The summed E-state index contributed by atoms with van der Waals surface area (Å²) in [5, 5.41) is 0. The Morgan fingerprint density at radius 1 is 1.37 bits per heavy atom. The van der Waals surface area contributed by atoms with Gasteiger partial charge in [0.1, 0.15) is 0 Å². The zero-order chi connectivity index (χ0) is 14.4. The van der Waals surface area contributed by atoms with E-state index < -0.39 is 17.4 Å². The van der Waals surface area contributed by atoms with Crippen LogP contribution in [0, 0.1) is 11.6 Å². The van der Waals surface area contributed by atoms with Crippen LogP contribution in [0.15, 0.2) is 47.2 Å². The molecule has 0 atom stereocenters. The molecule has 6 heteroatoms. The van der Waals surface area contributed by atoms with Crippen molar-refractivity contribution in [1.82, 2.24) is 5.43 Å². The lowest BCUT2D eigenvalue weighted by Crippen LogP contribution is -2.21. The Morgan fingerprint density at radius 3 is 2.42 bits per heavy atom. The Bertz CT molecular complexity index is 518. The molecule has 0 aliphatic carbocycles. The van der Waals surface area contributed by atoms with Gasteiger partial charge < -0.3 is 10.2 Å². The van der Waals surface area contributed by atoms with Gasteiger partial charge in [0.05, 0.1) is 11.9 Å². The van der Waals surface area contributed by atoms with Gasteiger partial charge in [-0.05, 0) is 24.6 Å². The zero-order valence-electron chi connectivity index (χ0n) is 10.7. The molecule has 3 N–H and O–H groups in total. The molecular formula is C13H15F2N3O. The first-order valence-electron chi connectivity index (χ1n) is 5.44. The number of nitrogens with one attached hydrogen (secondary N) is 1. The molecule has 0 spiro atoms. The SMILES string of the molecule is C=C(C)/C(=C\N=C(C)Oc1c(F)cccc1F)NN. The maximum absolute atomic E-state index is 13.3. The fourth-order valence-corrected chi connectivity index (χ4v) is 1.18. The molecule has 0 aliphatic rings. The number of rotatable bonds is 4. The summed E-state index contributed by atoms with van der Waals surface area (Å²) >= 11 is 0. The monoisotopic (exact) mass is 267 g/mol. The first kappa shape index (κ1) is 14.8. The number of nitrogens with zero attached hydrogens (tertiary/aromatic N) is 1. The second kappa shape index (κ2) is 6.65. The van der Waals surface area contributed by atoms with Gasteiger partial charge >= 0.3 is 0 Å². The zero-order valence-corrected chi connectivity index (χ0v) is 10.7. The average Bonchev–Trinajstić information content (AvgIpc) is 2.34. The molecule has 19 heavy (non-hydrogen) atoms. The molecule has 1 aromatic carbocycles. The minimum absolute atomic E-state index is 0.0676.